The van der Waals surface area contributed by atoms with Gasteiger partial charge in [-0.25, -0.2) is 0 Å². The zero-order valence-electron chi connectivity index (χ0n) is 4.99. The van der Waals surface area contributed by atoms with E-state index >= 15 is 0 Å². The van der Waals surface area contributed by atoms with Crippen LogP contribution in [0.3, 0.4) is 0 Å². The molecule has 0 saturated heterocycles. The summed E-state index contributed by atoms with van der Waals surface area (Å²) in [7, 11) is 0. The Bertz CT molecular complexity index is 22.0. The fourth-order valence-corrected chi connectivity index (χ4v) is 0. The van der Waals surface area contributed by atoms with Gasteiger partial charge in [-0.3, -0.25) is 0 Å². The van der Waals surface area contributed by atoms with E-state index < -0.39 is 0 Å². The summed E-state index contributed by atoms with van der Waals surface area (Å²) in [6, 6.07) is 0. The molecule has 0 rings (SSSR count). The summed E-state index contributed by atoms with van der Waals surface area (Å²) in [4.78, 5) is 0. The fraction of sp³-hybridized carbons (Fsp3) is 1.00. The van der Waals surface area contributed by atoms with Crippen LogP contribution in [0.5, 0.6) is 0 Å². The van der Waals surface area contributed by atoms with Crippen molar-refractivity contribution in [2.45, 2.75) is 0 Å². The van der Waals surface area contributed by atoms with Crippen LogP contribution < -0.4 is 0 Å². The summed E-state index contributed by atoms with van der Waals surface area (Å²) in [6.07, 6.45) is 4.06. The highest BCUT2D eigenvalue weighted by Gasteiger charge is 1.58. The molecule has 0 nitrogen and oxygen atoms in total. The molecule has 0 aliphatic heterocycles. The van der Waals surface area contributed by atoms with Crippen LogP contribution in [-0.2, 0) is 0 Å². The van der Waals surface area contributed by atoms with E-state index in [4.69, 9.17) is 11.6 Å². The van der Waals surface area contributed by atoms with E-state index in [1.54, 1.807) is 11.8 Å². The van der Waals surface area contributed by atoms with Gasteiger partial charge in [-0.15, -0.1) is 23.4 Å². The van der Waals surface area contributed by atoms with Gasteiger partial charge in [0.15, 0.2) is 0 Å². The third-order valence-corrected chi connectivity index (χ3v) is 3.18. The van der Waals surface area contributed by atoms with E-state index in [0.29, 0.717) is 5.21 Å². The van der Waals surface area contributed by atoms with Crippen molar-refractivity contribution in [3.63, 3.8) is 0 Å². The van der Waals surface area contributed by atoms with Crippen molar-refractivity contribution in [3.05, 3.63) is 0 Å². The highest BCUT2D eigenvalue weighted by molar-refractivity contribution is 14.1. The van der Waals surface area contributed by atoms with E-state index in [1.807, 2.05) is 18.0 Å². The molecule has 0 unspecified atom stereocenters. The van der Waals surface area contributed by atoms with E-state index in [0.717, 1.165) is 0 Å². The molecule has 0 aromatic carbocycles. The van der Waals surface area contributed by atoms with Gasteiger partial charge in [-0.2, -0.15) is 11.8 Å². The minimum Gasteiger partial charge on any atom is -0.155 e. The van der Waals surface area contributed by atoms with Crippen LogP contribution >= 0.6 is 57.7 Å². The van der Waals surface area contributed by atoms with Gasteiger partial charge in [0.1, 0.15) is 0 Å². The SMILES string of the molecule is CSCCl.CSCI. The predicted molar refractivity (Wildman–Crippen MR) is 56.6 cm³/mol. The van der Waals surface area contributed by atoms with E-state index in [9.17, 15) is 0 Å². The first kappa shape index (κ1) is 12.4. The molecule has 0 aliphatic carbocycles. The summed E-state index contributed by atoms with van der Waals surface area (Å²) in [6.45, 7) is 0. The lowest BCUT2D eigenvalue weighted by Crippen LogP contribution is -1.45. The van der Waals surface area contributed by atoms with E-state index in [1.165, 1.54) is 3.76 Å². The molecule has 8 heavy (non-hydrogen) atoms. The minimum atomic E-state index is 0.708. The Hall–Kier alpha value is 1.72. The Labute approximate surface area is 78.7 Å². The van der Waals surface area contributed by atoms with Crippen molar-refractivity contribution >= 4 is 57.7 Å². The predicted octanol–water partition coefficient (Wildman–Crippen LogP) is 3.29. The number of alkyl halides is 2. The third-order valence-electron chi connectivity index (χ3n) is 0.218. The van der Waals surface area contributed by atoms with Gasteiger partial charge < -0.3 is 0 Å². The molecule has 0 spiro atoms. The van der Waals surface area contributed by atoms with Gasteiger partial charge >= 0.3 is 0 Å². The van der Waals surface area contributed by atoms with Crippen molar-refractivity contribution in [1.82, 2.24) is 0 Å². The fourth-order valence-electron chi connectivity index (χ4n) is 0. The number of hydrogen-bond acceptors (Lipinski definition) is 2. The topological polar surface area (TPSA) is 0 Å². The van der Waals surface area contributed by atoms with Crippen LogP contribution in [0.4, 0.5) is 0 Å². The van der Waals surface area contributed by atoms with E-state index in [2.05, 4.69) is 28.8 Å². The van der Waals surface area contributed by atoms with Gasteiger partial charge in [0.05, 0.1) is 5.21 Å². The largest absolute Gasteiger partial charge is 0.155 e. The maximum atomic E-state index is 5.15. The first-order valence-corrected chi connectivity index (χ1v) is 6.78. The van der Waals surface area contributed by atoms with E-state index in [-0.39, 0.29) is 0 Å². The average Bonchev–Trinajstić information content (AvgIpc) is 1.88. The van der Waals surface area contributed by atoms with Crippen LogP contribution in [0, 0.1) is 0 Å². The van der Waals surface area contributed by atoms with Gasteiger partial charge in [0.25, 0.3) is 0 Å². The molecule has 0 N–H and O–H groups in total. The molecule has 0 aliphatic rings. The van der Waals surface area contributed by atoms with Crippen molar-refractivity contribution in [2.75, 3.05) is 21.5 Å². The van der Waals surface area contributed by atoms with Crippen molar-refractivity contribution < 1.29 is 0 Å². The maximum absolute atomic E-state index is 5.15. The lowest BCUT2D eigenvalue weighted by Gasteiger charge is -1.67. The average molecular weight is 285 g/mol. The van der Waals surface area contributed by atoms with Crippen molar-refractivity contribution in [3.8, 4) is 0 Å². The van der Waals surface area contributed by atoms with Crippen LogP contribution in [0.15, 0.2) is 0 Å². The number of hydrogen-bond donors (Lipinski definition) is 0. The monoisotopic (exact) mass is 284 g/mol. The van der Waals surface area contributed by atoms with Gasteiger partial charge in [-0.1, -0.05) is 22.6 Å². The molecule has 0 radical (unpaired) electrons. The van der Waals surface area contributed by atoms with Gasteiger partial charge in [-0.05, 0) is 12.5 Å². The summed E-state index contributed by atoms with van der Waals surface area (Å²) >= 11 is 10.9. The summed E-state index contributed by atoms with van der Waals surface area (Å²) in [5, 5.41) is 0.708. The Balaban J connectivity index is 0. The highest BCUT2D eigenvalue weighted by Crippen LogP contribution is 1.95. The summed E-state index contributed by atoms with van der Waals surface area (Å²) < 4.78 is 1.21. The highest BCUT2D eigenvalue weighted by atomic mass is 127. The van der Waals surface area contributed by atoms with Crippen LogP contribution in [0.2, 0.25) is 0 Å². The molecule has 0 heterocycles. The molecular formula is C4H10ClIS2. The lowest BCUT2D eigenvalue weighted by atomic mass is 11.9. The van der Waals surface area contributed by atoms with Crippen LogP contribution in [0.25, 0.3) is 0 Å². The minimum absolute atomic E-state index is 0.708. The van der Waals surface area contributed by atoms with Crippen molar-refractivity contribution in [1.29, 1.82) is 0 Å². The number of rotatable bonds is 2. The Morgan fingerprint density at radius 1 is 1.38 bits per heavy atom. The second-order valence-corrected chi connectivity index (χ2v) is 4.91. The zero-order chi connectivity index (χ0) is 6.83. The second kappa shape index (κ2) is 15.9. The maximum Gasteiger partial charge on any atom is 0.0677 e. The number of halogens is 2. The Morgan fingerprint density at radius 2 is 1.62 bits per heavy atom. The second-order valence-electron chi connectivity index (χ2n) is 0.796. The molecule has 0 atom stereocenters. The van der Waals surface area contributed by atoms with Crippen LogP contribution in [0.1, 0.15) is 0 Å². The molecule has 0 fully saturated rings. The normalized spacial score (nSPS) is 7.50. The third kappa shape index (κ3) is 25.2. The van der Waals surface area contributed by atoms with Crippen molar-refractivity contribution in [2.24, 2.45) is 0 Å². The Morgan fingerprint density at radius 3 is 1.62 bits per heavy atom. The first-order chi connectivity index (χ1) is 3.83. The lowest BCUT2D eigenvalue weighted by molar-refractivity contribution is 2.20. The molecule has 52 valence electrons. The first-order valence-electron chi connectivity index (χ1n) is 1.93. The quantitative estimate of drug-likeness (QED) is 0.564. The van der Waals surface area contributed by atoms with Crippen LogP contribution in [-0.4, -0.2) is 21.5 Å². The zero-order valence-corrected chi connectivity index (χ0v) is 9.53. The molecule has 0 bridgehead atoms. The van der Waals surface area contributed by atoms with Gasteiger partial charge in [0.2, 0.25) is 0 Å². The molecule has 0 aromatic heterocycles. The molecule has 0 amide bonds. The molecule has 0 aromatic rings. The van der Waals surface area contributed by atoms with Gasteiger partial charge in [0, 0.05) is 3.76 Å². The molecular weight excluding hydrogens is 275 g/mol. The molecule has 0 saturated carbocycles. The summed E-state index contributed by atoms with van der Waals surface area (Å²) in [5.41, 5.74) is 0. The number of thioether (sulfide) groups is 2. The smallest absolute Gasteiger partial charge is 0.0677 e. The summed E-state index contributed by atoms with van der Waals surface area (Å²) in [5.74, 6) is 0. The molecule has 4 heteroatoms. The standard InChI is InChI=1S/C2H5ClS.C2H5IS/c2*1-4-2-3/h2*2H2,1H3. The Kier molecular flexibility index (Phi) is 24.6.